The summed E-state index contributed by atoms with van der Waals surface area (Å²) in [6, 6.07) is 5.72. The average Bonchev–Trinajstić information content (AvgIpc) is 2.83. The normalized spacial score (nSPS) is 11.0. The van der Waals surface area contributed by atoms with Crippen molar-refractivity contribution in [1.29, 1.82) is 0 Å². The third-order valence-corrected chi connectivity index (χ3v) is 4.69. The summed E-state index contributed by atoms with van der Waals surface area (Å²) in [6.07, 6.45) is 1.98. The Hall–Kier alpha value is -0.710. The molecule has 20 heavy (non-hydrogen) atoms. The Morgan fingerprint density at radius 2 is 1.95 bits per heavy atom. The number of halogens is 2. The van der Waals surface area contributed by atoms with E-state index >= 15 is 0 Å². The van der Waals surface area contributed by atoms with Gasteiger partial charge < -0.3 is 4.57 Å². The van der Waals surface area contributed by atoms with Crippen LogP contribution in [0.5, 0.6) is 0 Å². The lowest BCUT2D eigenvalue weighted by Gasteiger charge is -2.08. The summed E-state index contributed by atoms with van der Waals surface area (Å²) in [4.78, 5) is 0. The van der Waals surface area contributed by atoms with Crippen LogP contribution in [0.2, 0.25) is 10.0 Å². The van der Waals surface area contributed by atoms with Gasteiger partial charge in [-0.1, -0.05) is 54.9 Å². The van der Waals surface area contributed by atoms with Gasteiger partial charge in [0.25, 0.3) is 0 Å². The molecule has 0 spiro atoms. The van der Waals surface area contributed by atoms with Gasteiger partial charge in [0.05, 0.1) is 10.0 Å². The van der Waals surface area contributed by atoms with Crippen LogP contribution in [-0.4, -0.2) is 14.8 Å². The molecule has 0 bridgehead atoms. The average molecular weight is 330 g/mol. The Morgan fingerprint density at radius 3 is 2.60 bits per heavy atom. The lowest BCUT2D eigenvalue weighted by Crippen LogP contribution is -2.03. The fraction of sp³-hybridized carbons (Fsp3) is 0.429. The summed E-state index contributed by atoms with van der Waals surface area (Å²) in [6.45, 7) is 5.22. The molecule has 1 heterocycles. The van der Waals surface area contributed by atoms with Crippen molar-refractivity contribution in [3.8, 4) is 0 Å². The maximum atomic E-state index is 6.03. The molecule has 0 fully saturated rings. The fourth-order valence-corrected chi connectivity index (χ4v) is 3.16. The number of rotatable bonds is 6. The highest BCUT2D eigenvalue weighted by Crippen LogP contribution is 2.27. The second-order valence-electron chi connectivity index (χ2n) is 4.44. The van der Waals surface area contributed by atoms with E-state index in [1.54, 1.807) is 11.8 Å². The third-order valence-electron chi connectivity index (χ3n) is 2.91. The van der Waals surface area contributed by atoms with E-state index in [0.29, 0.717) is 10.0 Å². The molecule has 0 saturated heterocycles. The lowest BCUT2D eigenvalue weighted by atomic mass is 10.2. The minimum absolute atomic E-state index is 0.586. The van der Waals surface area contributed by atoms with E-state index < -0.39 is 0 Å². The molecule has 0 N–H and O–H groups in total. The number of nitrogens with zero attached hydrogens (tertiary/aromatic N) is 3. The first-order valence-electron chi connectivity index (χ1n) is 6.64. The first-order chi connectivity index (χ1) is 9.65. The van der Waals surface area contributed by atoms with Crippen molar-refractivity contribution in [3.05, 3.63) is 39.6 Å². The molecule has 2 rings (SSSR count). The van der Waals surface area contributed by atoms with E-state index in [4.69, 9.17) is 23.2 Å². The first kappa shape index (κ1) is 15.7. The smallest absolute Gasteiger partial charge is 0.191 e. The van der Waals surface area contributed by atoms with E-state index in [9.17, 15) is 0 Å². The molecule has 0 aliphatic carbocycles. The lowest BCUT2D eigenvalue weighted by molar-refractivity contribution is 0.595. The van der Waals surface area contributed by atoms with E-state index in [-0.39, 0.29) is 0 Å². The number of aromatic nitrogens is 3. The molecule has 108 valence electrons. The second kappa shape index (κ2) is 7.34. The molecule has 0 atom stereocenters. The predicted molar refractivity (Wildman–Crippen MR) is 85.7 cm³/mol. The van der Waals surface area contributed by atoms with Crippen LogP contribution in [0.1, 0.15) is 31.7 Å². The van der Waals surface area contributed by atoms with Crippen LogP contribution >= 0.6 is 35.0 Å². The summed E-state index contributed by atoms with van der Waals surface area (Å²) in [7, 11) is 0. The molecular formula is C14H17Cl2N3S. The quantitative estimate of drug-likeness (QED) is 0.710. The monoisotopic (exact) mass is 329 g/mol. The Kier molecular flexibility index (Phi) is 5.75. The van der Waals surface area contributed by atoms with Crippen molar-refractivity contribution < 1.29 is 0 Å². The maximum absolute atomic E-state index is 6.03. The van der Waals surface area contributed by atoms with Crippen molar-refractivity contribution >= 4 is 35.0 Å². The van der Waals surface area contributed by atoms with E-state index in [1.807, 2.05) is 18.2 Å². The van der Waals surface area contributed by atoms with E-state index in [2.05, 4.69) is 28.6 Å². The zero-order valence-electron chi connectivity index (χ0n) is 11.6. The van der Waals surface area contributed by atoms with Crippen molar-refractivity contribution in [2.75, 3.05) is 0 Å². The molecule has 3 nitrogen and oxygen atoms in total. The topological polar surface area (TPSA) is 30.7 Å². The minimum Gasteiger partial charge on any atom is -0.306 e. The molecule has 0 aliphatic heterocycles. The highest BCUT2D eigenvalue weighted by atomic mass is 35.5. The second-order valence-corrected chi connectivity index (χ2v) is 6.20. The van der Waals surface area contributed by atoms with Crippen LogP contribution < -0.4 is 0 Å². The molecule has 0 radical (unpaired) electrons. The van der Waals surface area contributed by atoms with E-state index in [0.717, 1.165) is 41.7 Å². The molecule has 1 aromatic carbocycles. The zero-order valence-corrected chi connectivity index (χ0v) is 13.9. The van der Waals surface area contributed by atoms with Gasteiger partial charge in [-0.25, -0.2) is 0 Å². The number of benzene rings is 1. The standard InChI is InChI=1S/C14H17Cl2N3S/c1-3-7-19-13(4-2)17-18-14(19)20-9-10-5-6-11(15)12(16)8-10/h5-6,8H,3-4,7,9H2,1-2H3. The molecule has 2 aromatic rings. The summed E-state index contributed by atoms with van der Waals surface area (Å²) in [5.41, 5.74) is 1.13. The Morgan fingerprint density at radius 1 is 1.15 bits per heavy atom. The molecule has 0 amide bonds. The third kappa shape index (κ3) is 3.68. The van der Waals surface area contributed by atoms with Gasteiger partial charge >= 0.3 is 0 Å². The summed E-state index contributed by atoms with van der Waals surface area (Å²) < 4.78 is 2.20. The molecule has 0 saturated carbocycles. The van der Waals surface area contributed by atoms with Crippen LogP contribution in [-0.2, 0) is 18.7 Å². The Bertz CT molecular complexity index is 584. The van der Waals surface area contributed by atoms with Gasteiger partial charge in [0.1, 0.15) is 5.82 Å². The van der Waals surface area contributed by atoms with Crippen LogP contribution in [0.25, 0.3) is 0 Å². The molecular weight excluding hydrogens is 313 g/mol. The first-order valence-corrected chi connectivity index (χ1v) is 8.38. The molecule has 6 heteroatoms. The highest BCUT2D eigenvalue weighted by molar-refractivity contribution is 7.98. The molecule has 0 aliphatic rings. The van der Waals surface area contributed by atoms with Crippen molar-refractivity contribution in [2.45, 2.75) is 44.1 Å². The van der Waals surface area contributed by atoms with Crippen LogP contribution in [0.3, 0.4) is 0 Å². The number of hydrogen-bond acceptors (Lipinski definition) is 3. The van der Waals surface area contributed by atoms with Gasteiger partial charge in [-0.2, -0.15) is 0 Å². The van der Waals surface area contributed by atoms with Crippen LogP contribution in [0, 0.1) is 0 Å². The molecule has 0 unspecified atom stereocenters. The van der Waals surface area contributed by atoms with Gasteiger partial charge in [0, 0.05) is 18.7 Å². The van der Waals surface area contributed by atoms with Crippen molar-refractivity contribution in [1.82, 2.24) is 14.8 Å². The highest BCUT2D eigenvalue weighted by Gasteiger charge is 2.11. The minimum atomic E-state index is 0.586. The number of thioether (sulfide) groups is 1. The zero-order chi connectivity index (χ0) is 14.5. The van der Waals surface area contributed by atoms with E-state index in [1.165, 1.54) is 0 Å². The van der Waals surface area contributed by atoms with Crippen molar-refractivity contribution in [2.24, 2.45) is 0 Å². The van der Waals surface area contributed by atoms with Gasteiger partial charge in [-0.3, -0.25) is 0 Å². The van der Waals surface area contributed by atoms with Crippen LogP contribution in [0.4, 0.5) is 0 Å². The van der Waals surface area contributed by atoms with Gasteiger partial charge in [-0.05, 0) is 24.1 Å². The van der Waals surface area contributed by atoms with Gasteiger partial charge in [0.2, 0.25) is 0 Å². The summed E-state index contributed by atoms with van der Waals surface area (Å²) in [5.74, 6) is 1.85. The van der Waals surface area contributed by atoms with Gasteiger partial charge in [0.15, 0.2) is 5.16 Å². The van der Waals surface area contributed by atoms with Crippen molar-refractivity contribution in [3.63, 3.8) is 0 Å². The summed E-state index contributed by atoms with van der Waals surface area (Å²) in [5, 5.41) is 10.7. The summed E-state index contributed by atoms with van der Waals surface area (Å²) >= 11 is 13.6. The fourth-order valence-electron chi connectivity index (χ4n) is 1.91. The largest absolute Gasteiger partial charge is 0.306 e. The number of hydrogen-bond donors (Lipinski definition) is 0. The maximum Gasteiger partial charge on any atom is 0.191 e. The van der Waals surface area contributed by atoms with Gasteiger partial charge in [-0.15, -0.1) is 10.2 Å². The SMILES string of the molecule is CCCn1c(CC)nnc1SCc1ccc(Cl)c(Cl)c1. The number of aryl methyl sites for hydroxylation is 1. The molecule has 1 aromatic heterocycles. The Balaban J connectivity index is 2.10. The Labute approximate surface area is 133 Å². The van der Waals surface area contributed by atoms with Crippen LogP contribution in [0.15, 0.2) is 23.4 Å². The predicted octanol–water partition coefficient (Wildman–Crippen LogP) is 4.85.